The molecular weight excluding hydrogens is 332 g/mol. The third-order valence-corrected chi connectivity index (χ3v) is 3.52. The summed E-state index contributed by atoms with van der Waals surface area (Å²) in [5.41, 5.74) is 19.3. The van der Waals surface area contributed by atoms with Crippen molar-refractivity contribution in [3.63, 3.8) is 0 Å². The molecule has 2 aromatic heterocycles. The molecule has 14 heteroatoms. The first-order valence-electron chi connectivity index (χ1n) is 7.12. The minimum Gasteiger partial charge on any atom is -0.354 e. The molecule has 0 spiro atoms. The van der Waals surface area contributed by atoms with Crippen LogP contribution in [0.25, 0.3) is 20.9 Å². The van der Waals surface area contributed by atoms with E-state index < -0.39 is 24.1 Å². The summed E-state index contributed by atoms with van der Waals surface area (Å²) in [4.78, 5) is 26.6. The van der Waals surface area contributed by atoms with Gasteiger partial charge in [0.1, 0.15) is 18.9 Å². The van der Waals surface area contributed by atoms with Crippen molar-refractivity contribution in [2.75, 3.05) is 12.0 Å². The average molecular weight is 344 g/mol. The van der Waals surface area contributed by atoms with Crippen LogP contribution in [-0.4, -0.2) is 43.1 Å². The molecule has 1 aliphatic heterocycles. The molecule has 3 heterocycles. The van der Waals surface area contributed by atoms with Crippen LogP contribution in [0.2, 0.25) is 0 Å². The van der Waals surface area contributed by atoms with Gasteiger partial charge in [0.25, 0.3) is 0 Å². The molecule has 0 saturated carbocycles. The molecule has 0 aromatic carbocycles. The molecule has 0 bridgehead atoms. The number of anilines is 1. The van der Waals surface area contributed by atoms with Gasteiger partial charge in [0, 0.05) is 22.4 Å². The summed E-state index contributed by atoms with van der Waals surface area (Å²) in [6.45, 7) is 0.00477. The summed E-state index contributed by atoms with van der Waals surface area (Å²) in [7, 11) is 0. The van der Waals surface area contributed by atoms with Crippen LogP contribution in [0.3, 0.4) is 0 Å². The van der Waals surface area contributed by atoms with E-state index in [1.54, 1.807) is 6.07 Å². The lowest BCUT2D eigenvalue weighted by atomic mass is 10.1. The van der Waals surface area contributed by atoms with Crippen LogP contribution in [0.5, 0.6) is 0 Å². The lowest BCUT2D eigenvalue weighted by Crippen LogP contribution is -2.28. The Bertz CT molecular complexity index is 879. The van der Waals surface area contributed by atoms with Gasteiger partial charge in [-0.15, -0.1) is 5.10 Å². The maximum atomic E-state index is 12.2. The Morgan fingerprint density at radius 2 is 2.32 bits per heavy atom. The molecular formula is C11H12N12O2. The summed E-state index contributed by atoms with van der Waals surface area (Å²) in [5.74, 6) is 0.280. The van der Waals surface area contributed by atoms with Gasteiger partial charge in [-0.25, -0.2) is 9.78 Å². The molecule has 14 nitrogen and oxygen atoms in total. The van der Waals surface area contributed by atoms with Crippen LogP contribution in [0, 0.1) is 0 Å². The maximum Gasteiger partial charge on any atom is 0.351 e. The second-order valence-electron chi connectivity index (χ2n) is 5.01. The van der Waals surface area contributed by atoms with Gasteiger partial charge in [0.2, 0.25) is 0 Å². The predicted octanol–water partition coefficient (Wildman–Crippen LogP) is 0.987. The van der Waals surface area contributed by atoms with Gasteiger partial charge in [0.15, 0.2) is 5.82 Å². The Morgan fingerprint density at radius 1 is 1.44 bits per heavy atom. The van der Waals surface area contributed by atoms with Gasteiger partial charge in [0.05, 0.1) is 18.7 Å². The van der Waals surface area contributed by atoms with Gasteiger partial charge in [-0.2, -0.15) is 9.77 Å². The molecule has 1 fully saturated rings. The molecule has 1 N–H and O–H groups in total. The van der Waals surface area contributed by atoms with Gasteiger partial charge < -0.3 is 4.74 Å². The minimum atomic E-state index is -0.671. The van der Waals surface area contributed by atoms with Gasteiger partial charge in [-0.1, -0.05) is 10.2 Å². The Hall–Kier alpha value is -3.60. The lowest BCUT2D eigenvalue weighted by molar-refractivity contribution is 0.00187. The van der Waals surface area contributed by atoms with Crippen molar-refractivity contribution in [3.05, 3.63) is 56.3 Å². The number of hydrogen-bond donors (Lipinski definition) is 1. The van der Waals surface area contributed by atoms with Crippen LogP contribution in [0.4, 0.5) is 5.82 Å². The number of nitrogens with zero attached hydrogens (tertiary/aromatic N) is 11. The zero-order chi connectivity index (χ0) is 17.6. The fourth-order valence-electron chi connectivity index (χ4n) is 2.43. The fourth-order valence-corrected chi connectivity index (χ4v) is 2.43. The molecule has 3 rings (SSSR count). The molecule has 1 aliphatic rings. The second-order valence-corrected chi connectivity index (χ2v) is 5.01. The summed E-state index contributed by atoms with van der Waals surface area (Å²) in [6.07, 6.45) is 3.25. The molecule has 1 saturated heterocycles. The molecule has 0 aliphatic carbocycles. The quantitative estimate of drug-likeness (QED) is 0.462. The van der Waals surface area contributed by atoms with Crippen LogP contribution in [0.1, 0.15) is 12.6 Å². The zero-order valence-corrected chi connectivity index (χ0v) is 12.7. The van der Waals surface area contributed by atoms with Crippen LogP contribution < -0.4 is 11.1 Å². The van der Waals surface area contributed by atoms with E-state index >= 15 is 0 Å². The maximum absolute atomic E-state index is 12.2. The number of azide groups is 2. The van der Waals surface area contributed by atoms with E-state index in [0.29, 0.717) is 0 Å². The first-order chi connectivity index (χ1) is 12.2. The van der Waals surface area contributed by atoms with E-state index in [4.69, 9.17) is 15.8 Å². The molecule has 0 radical (unpaired) electrons. The van der Waals surface area contributed by atoms with E-state index in [-0.39, 0.29) is 18.8 Å². The number of rotatable bonds is 6. The van der Waals surface area contributed by atoms with E-state index in [0.717, 1.165) is 0 Å². The third kappa shape index (κ3) is 3.67. The first-order valence-corrected chi connectivity index (χ1v) is 7.12. The molecule has 3 atom stereocenters. The Kier molecular flexibility index (Phi) is 4.76. The fraction of sp³-hybridized carbons (Fsp3) is 0.455. The summed E-state index contributed by atoms with van der Waals surface area (Å²) < 4.78 is 6.97. The lowest BCUT2D eigenvalue weighted by Gasteiger charge is -2.15. The summed E-state index contributed by atoms with van der Waals surface area (Å²) in [6, 6.07) is 1.02. The van der Waals surface area contributed by atoms with Crippen molar-refractivity contribution in [2.45, 2.75) is 24.8 Å². The SMILES string of the molecule is [N-]=[N+]=NC[C@H]1O[C@@H](n2ccc(Nn3cncn3)nc2=O)C[C@@H]1N=[N+]=[N-]. The normalized spacial score (nSPS) is 22.0. The van der Waals surface area contributed by atoms with Crippen LogP contribution in [0.15, 0.2) is 39.9 Å². The van der Waals surface area contributed by atoms with E-state index in [2.05, 4.69) is 40.5 Å². The number of ether oxygens (including phenoxy) is 1. The third-order valence-electron chi connectivity index (χ3n) is 3.52. The summed E-state index contributed by atoms with van der Waals surface area (Å²) in [5, 5.41) is 10.9. The second kappa shape index (κ2) is 7.31. The van der Waals surface area contributed by atoms with E-state index in [1.807, 2.05) is 0 Å². The van der Waals surface area contributed by atoms with E-state index in [9.17, 15) is 4.79 Å². The van der Waals surface area contributed by atoms with Crippen LogP contribution >= 0.6 is 0 Å². The predicted molar refractivity (Wildman–Crippen MR) is 83.0 cm³/mol. The van der Waals surface area contributed by atoms with Crippen molar-refractivity contribution in [2.24, 2.45) is 10.2 Å². The van der Waals surface area contributed by atoms with Crippen molar-refractivity contribution >= 4 is 5.82 Å². The topological polar surface area (TPSA) is 184 Å². The standard InChI is InChI=1S/C11H12N12O2/c12-20-15-4-8-7(18-21-13)3-10(25-8)22-2-1-9(17-11(22)24)19-23-6-14-5-16-23/h1-2,5-8,10H,3-4H2,(H,17,19,24)/t7-,8+,10+/m0/s1. The molecule has 2 aromatic rings. The minimum absolute atomic E-state index is 0.00477. The number of nitrogens with one attached hydrogen (secondary N) is 1. The molecule has 0 amide bonds. The smallest absolute Gasteiger partial charge is 0.351 e. The highest BCUT2D eigenvalue weighted by atomic mass is 16.5. The van der Waals surface area contributed by atoms with Crippen LogP contribution in [-0.2, 0) is 4.74 Å². The van der Waals surface area contributed by atoms with Gasteiger partial charge in [-0.05, 0) is 17.1 Å². The molecule has 0 unspecified atom stereocenters. The average Bonchev–Trinajstić information content (AvgIpc) is 3.23. The van der Waals surface area contributed by atoms with Crippen molar-refractivity contribution in [1.29, 1.82) is 0 Å². The highest BCUT2D eigenvalue weighted by molar-refractivity contribution is 5.30. The van der Waals surface area contributed by atoms with E-state index in [1.165, 1.54) is 28.2 Å². The first kappa shape index (κ1) is 16.3. The van der Waals surface area contributed by atoms with Crippen molar-refractivity contribution in [1.82, 2.24) is 24.4 Å². The Labute approximate surface area is 139 Å². The number of aromatic nitrogens is 5. The Balaban J connectivity index is 1.78. The monoisotopic (exact) mass is 344 g/mol. The highest BCUT2D eigenvalue weighted by Crippen LogP contribution is 2.30. The molecule has 128 valence electrons. The van der Waals surface area contributed by atoms with Crippen molar-refractivity contribution < 1.29 is 4.74 Å². The zero-order valence-electron chi connectivity index (χ0n) is 12.7. The largest absolute Gasteiger partial charge is 0.354 e. The highest BCUT2D eigenvalue weighted by Gasteiger charge is 2.35. The molecule has 25 heavy (non-hydrogen) atoms. The van der Waals surface area contributed by atoms with Crippen molar-refractivity contribution in [3.8, 4) is 0 Å². The Morgan fingerprint density at radius 3 is 3.00 bits per heavy atom. The summed E-state index contributed by atoms with van der Waals surface area (Å²) >= 11 is 0. The van der Waals surface area contributed by atoms with Gasteiger partial charge >= 0.3 is 5.69 Å². The van der Waals surface area contributed by atoms with Gasteiger partial charge in [-0.3, -0.25) is 9.99 Å². The number of hydrogen-bond acceptors (Lipinski definition) is 8.